The number of nitrogens with zero attached hydrogens (tertiary/aromatic N) is 3. The van der Waals surface area contributed by atoms with Gasteiger partial charge in [-0.25, -0.2) is 9.37 Å². The van der Waals surface area contributed by atoms with Gasteiger partial charge >= 0.3 is 6.18 Å². The zero-order valence-corrected chi connectivity index (χ0v) is 16.4. The predicted octanol–water partition coefficient (Wildman–Crippen LogP) is 5.35. The molecule has 0 saturated heterocycles. The first kappa shape index (κ1) is 21.1. The maximum Gasteiger partial charge on any atom is 0.433 e. The van der Waals surface area contributed by atoms with Crippen LogP contribution in [0.1, 0.15) is 17.0 Å². The van der Waals surface area contributed by atoms with E-state index in [0.717, 1.165) is 12.3 Å². The molecule has 3 heterocycles. The normalized spacial score (nSPS) is 11.3. The molecule has 32 heavy (non-hydrogen) atoms. The average molecular weight is 441 g/mol. The Kier molecular flexibility index (Phi) is 5.64. The zero-order chi connectivity index (χ0) is 22.7. The van der Waals surface area contributed by atoms with Crippen LogP contribution in [0.15, 0.2) is 54.9 Å². The first-order chi connectivity index (χ1) is 15.3. The summed E-state index contributed by atoms with van der Waals surface area (Å²) in [7, 11) is 0. The molecule has 162 valence electrons. The number of alkyl halides is 3. The van der Waals surface area contributed by atoms with E-state index >= 15 is 0 Å². The van der Waals surface area contributed by atoms with Crippen LogP contribution in [0.25, 0.3) is 10.9 Å². The monoisotopic (exact) mass is 441 g/mol. The molecule has 10 heteroatoms. The molecular weight excluding hydrogens is 426 g/mol. The molecule has 0 saturated carbocycles. The van der Waals surface area contributed by atoms with Crippen LogP contribution in [0.2, 0.25) is 0 Å². The fourth-order valence-electron chi connectivity index (χ4n) is 3.05. The summed E-state index contributed by atoms with van der Waals surface area (Å²) in [4.78, 5) is 10.4. The van der Waals surface area contributed by atoms with Crippen LogP contribution in [-0.2, 0) is 12.6 Å². The topological polar surface area (TPSA) is 86.6 Å². The third-order valence-corrected chi connectivity index (χ3v) is 4.59. The SMILES string of the molecule is N#Cc1cc(OCCc2ccc(C(F)(F)F)nc2)cc(Nc2ccc3c(F)c[nH]c3c2)n1. The molecule has 0 atom stereocenters. The molecule has 6 nitrogen and oxygen atoms in total. The van der Waals surface area contributed by atoms with Gasteiger partial charge in [0, 0.05) is 42.0 Å². The van der Waals surface area contributed by atoms with Crippen LogP contribution in [0, 0.1) is 17.1 Å². The zero-order valence-electron chi connectivity index (χ0n) is 16.4. The fraction of sp³-hybridized carbons (Fsp3) is 0.136. The molecule has 3 aromatic heterocycles. The molecule has 0 radical (unpaired) electrons. The molecule has 0 spiro atoms. The van der Waals surface area contributed by atoms with Gasteiger partial charge in [-0.2, -0.15) is 18.4 Å². The van der Waals surface area contributed by atoms with Gasteiger partial charge in [-0.3, -0.25) is 4.98 Å². The Morgan fingerprint density at radius 2 is 1.97 bits per heavy atom. The Bertz CT molecular complexity index is 1290. The van der Waals surface area contributed by atoms with Crippen molar-refractivity contribution < 1.29 is 22.3 Å². The third-order valence-electron chi connectivity index (χ3n) is 4.59. The van der Waals surface area contributed by atoms with Crippen LogP contribution in [0.3, 0.4) is 0 Å². The van der Waals surface area contributed by atoms with Crippen molar-refractivity contribution in [3.8, 4) is 11.8 Å². The maximum absolute atomic E-state index is 13.6. The first-order valence-electron chi connectivity index (χ1n) is 9.42. The van der Waals surface area contributed by atoms with Crippen molar-refractivity contribution in [2.45, 2.75) is 12.6 Å². The Hall–Kier alpha value is -4.13. The van der Waals surface area contributed by atoms with Gasteiger partial charge in [0.25, 0.3) is 0 Å². The fourth-order valence-corrected chi connectivity index (χ4v) is 3.05. The Morgan fingerprint density at radius 3 is 2.69 bits per heavy atom. The van der Waals surface area contributed by atoms with Crippen LogP contribution in [-0.4, -0.2) is 21.6 Å². The third kappa shape index (κ3) is 4.78. The van der Waals surface area contributed by atoms with E-state index in [1.54, 1.807) is 24.3 Å². The van der Waals surface area contributed by atoms with Gasteiger partial charge in [-0.15, -0.1) is 0 Å². The van der Waals surface area contributed by atoms with Gasteiger partial charge in [-0.1, -0.05) is 6.07 Å². The van der Waals surface area contributed by atoms with Crippen LogP contribution in [0.4, 0.5) is 29.1 Å². The van der Waals surface area contributed by atoms with Crippen molar-refractivity contribution in [1.29, 1.82) is 5.26 Å². The van der Waals surface area contributed by atoms with Crippen molar-refractivity contribution in [1.82, 2.24) is 15.0 Å². The smallest absolute Gasteiger partial charge is 0.433 e. The van der Waals surface area contributed by atoms with Gasteiger partial charge in [0.2, 0.25) is 0 Å². The van der Waals surface area contributed by atoms with Crippen molar-refractivity contribution >= 4 is 22.4 Å². The van der Waals surface area contributed by atoms with E-state index in [0.29, 0.717) is 40.1 Å². The highest BCUT2D eigenvalue weighted by atomic mass is 19.4. The number of hydrogen-bond donors (Lipinski definition) is 2. The quantitative estimate of drug-likeness (QED) is 0.394. The van der Waals surface area contributed by atoms with Crippen LogP contribution in [0.5, 0.6) is 5.75 Å². The molecule has 4 rings (SSSR count). The molecule has 0 aliphatic heterocycles. The van der Waals surface area contributed by atoms with E-state index < -0.39 is 11.9 Å². The number of H-pyrrole nitrogens is 1. The van der Waals surface area contributed by atoms with E-state index in [1.165, 1.54) is 18.3 Å². The summed E-state index contributed by atoms with van der Waals surface area (Å²) >= 11 is 0. The first-order valence-corrected chi connectivity index (χ1v) is 9.42. The van der Waals surface area contributed by atoms with Crippen molar-refractivity contribution in [3.05, 3.63) is 77.6 Å². The summed E-state index contributed by atoms with van der Waals surface area (Å²) in [6.07, 6.45) is -1.73. The van der Waals surface area contributed by atoms with Gasteiger partial charge < -0.3 is 15.0 Å². The number of ether oxygens (including phenoxy) is 1. The van der Waals surface area contributed by atoms with Gasteiger partial charge in [0.1, 0.15) is 34.8 Å². The Balaban J connectivity index is 1.44. The number of hydrogen-bond acceptors (Lipinski definition) is 5. The number of benzene rings is 1. The Labute approximate surface area is 179 Å². The highest BCUT2D eigenvalue weighted by Crippen LogP contribution is 2.28. The highest BCUT2D eigenvalue weighted by molar-refractivity contribution is 5.84. The van der Waals surface area contributed by atoms with Crippen molar-refractivity contribution in [2.75, 3.05) is 11.9 Å². The maximum atomic E-state index is 13.6. The van der Waals surface area contributed by atoms with E-state index in [9.17, 15) is 22.8 Å². The molecule has 2 N–H and O–H groups in total. The van der Waals surface area contributed by atoms with Gasteiger partial charge in [0.05, 0.1) is 12.1 Å². The minimum Gasteiger partial charge on any atom is -0.493 e. The predicted molar refractivity (Wildman–Crippen MR) is 109 cm³/mol. The molecule has 0 bridgehead atoms. The standard InChI is InChI=1S/C22H15F4N5O/c23-18-12-28-19-8-14(2-3-17(18)19)30-21-9-16(7-15(10-27)31-21)32-6-5-13-1-4-20(29-11-13)22(24,25)26/h1-4,7-9,11-12,28H,5-6H2,(H,30,31). The molecular formula is C22H15F4N5O. The lowest BCUT2D eigenvalue weighted by Crippen LogP contribution is -2.08. The molecule has 0 aliphatic carbocycles. The summed E-state index contributed by atoms with van der Waals surface area (Å²) in [6.45, 7) is 0.162. The number of aromatic nitrogens is 3. The van der Waals surface area contributed by atoms with Crippen LogP contribution >= 0.6 is 0 Å². The number of aromatic amines is 1. The summed E-state index contributed by atoms with van der Waals surface area (Å²) in [6, 6.07) is 12.3. The number of nitriles is 1. The van der Waals surface area contributed by atoms with E-state index in [4.69, 9.17) is 4.74 Å². The molecule has 4 aromatic rings. The van der Waals surface area contributed by atoms with Gasteiger partial charge in [0.15, 0.2) is 0 Å². The Morgan fingerprint density at radius 1 is 1.12 bits per heavy atom. The van der Waals surface area contributed by atoms with Crippen molar-refractivity contribution in [2.24, 2.45) is 0 Å². The molecule has 0 unspecified atom stereocenters. The number of anilines is 2. The summed E-state index contributed by atoms with van der Waals surface area (Å²) < 4.78 is 57.0. The van der Waals surface area contributed by atoms with Gasteiger partial charge in [-0.05, 0) is 29.8 Å². The minimum atomic E-state index is -4.48. The second-order valence-electron chi connectivity index (χ2n) is 6.86. The molecule has 0 aliphatic rings. The lowest BCUT2D eigenvalue weighted by molar-refractivity contribution is -0.141. The second kappa shape index (κ2) is 8.55. The molecule has 0 amide bonds. The summed E-state index contributed by atoms with van der Waals surface area (Å²) in [5.74, 6) is 0.364. The second-order valence-corrected chi connectivity index (χ2v) is 6.86. The molecule has 0 fully saturated rings. The van der Waals surface area contributed by atoms with E-state index in [2.05, 4.69) is 20.3 Å². The highest BCUT2D eigenvalue weighted by Gasteiger charge is 2.31. The van der Waals surface area contributed by atoms with Crippen molar-refractivity contribution in [3.63, 3.8) is 0 Å². The van der Waals surface area contributed by atoms with Crippen LogP contribution < -0.4 is 10.1 Å². The number of pyridine rings is 2. The number of nitrogens with one attached hydrogen (secondary N) is 2. The largest absolute Gasteiger partial charge is 0.493 e. The molecule has 1 aromatic carbocycles. The van der Waals surface area contributed by atoms with E-state index in [1.807, 2.05) is 6.07 Å². The number of halogens is 4. The van der Waals surface area contributed by atoms with E-state index in [-0.39, 0.29) is 18.1 Å². The lowest BCUT2D eigenvalue weighted by Gasteiger charge is -2.11. The number of rotatable bonds is 6. The number of fused-ring (bicyclic) bond motifs is 1. The summed E-state index contributed by atoms with van der Waals surface area (Å²) in [5, 5.41) is 12.8. The lowest BCUT2D eigenvalue weighted by atomic mass is 10.2. The minimum absolute atomic E-state index is 0.119. The summed E-state index contributed by atoms with van der Waals surface area (Å²) in [5.41, 5.74) is 0.978. The average Bonchev–Trinajstić information content (AvgIpc) is 3.13.